The van der Waals surface area contributed by atoms with Crippen LogP contribution in [0, 0.1) is 0 Å². The van der Waals surface area contributed by atoms with Crippen molar-refractivity contribution in [3.63, 3.8) is 0 Å². The van der Waals surface area contributed by atoms with E-state index < -0.39 is 6.10 Å². The lowest BCUT2D eigenvalue weighted by molar-refractivity contribution is -0.167. The zero-order valence-corrected chi connectivity index (χ0v) is 43.1. The molecule has 0 atom stereocenters. The second-order valence-electron chi connectivity index (χ2n) is 17.4. The number of carbonyl (C=O) groups excluding carboxylic acids is 3. The quantitative estimate of drug-likeness (QED) is 0.0262. The lowest BCUT2D eigenvalue weighted by Crippen LogP contribution is -2.30. The van der Waals surface area contributed by atoms with Gasteiger partial charge in [-0.25, -0.2) is 0 Å². The van der Waals surface area contributed by atoms with Gasteiger partial charge in [-0.05, 0) is 141 Å². The van der Waals surface area contributed by atoms with Crippen LogP contribution in [0.5, 0.6) is 0 Å². The normalized spacial score (nSPS) is 12.7. The molecule has 0 rings (SSSR count). The highest BCUT2D eigenvalue weighted by molar-refractivity contribution is 5.71. The van der Waals surface area contributed by atoms with Gasteiger partial charge in [-0.15, -0.1) is 0 Å². The summed E-state index contributed by atoms with van der Waals surface area (Å²) in [6.45, 7) is 6.44. The summed E-state index contributed by atoms with van der Waals surface area (Å²) >= 11 is 0. The first-order valence-corrected chi connectivity index (χ1v) is 27.0. The fourth-order valence-electron chi connectivity index (χ4n) is 6.79. The fraction of sp³-hybridized carbons (Fsp3) is 0.623. The summed E-state index contributed by atoms with van der Waals surface area (Å²) in [7, 11) is 0. The van der Waals surface area contributed by atoms with Gasteiger partial charge in [-0.2, -0.15) is 0 Å². The Morgan fingerprint density at radius 2 is 0.537 bits per heavy atom. The topological polar surface area (TPSA) is 78.9 Å². The van der Waals surface area contributed by atoms with E-state index in [1.807, 2.05) is 0 Å². The third-order valence-corrected chi connectivity index (χ3v) is 10.9. The molecule has 0 aliphatic rings. The zero-order valence-electron chi connectivity index (χ0n) is 43.1. The maximum atomic E-state index is 12.8. The predicted molar refractivity (Wildman–Crippen MR) is 288 cm³/mol. The number of esters is 3. The van der Waals surface area contributed by atoms with Gasteiger partial charge in [0.2, 0.25) is 0 Å². The molecule has 0 saturated heterocycles. The van der Waals surface area contributed by atoms with Crippen molar-refractivity contribution in [2.45, 2.75) is 232 Å². The number of hydrogen-bond acceptors (Lipinski definition) is 6. The van der Waals surface area contributed by atoms with Crippen LogP contribution in [-0.2, 0) is 28.6 Å². The Morgan fingerprint density at radius 1 is 0.299 bits per heavy atom. The van der Waals surface area contributed by atoms with E-state index in [2.05, 4.69) is 142 Å². The minimum atomic E-state index is -0.830. The Labute approximate surface area is 412 Å². The molecule has 0 aromatic rings. The molecule has 0 fully saturated rings. The van der Waals surface area contributed by atoms with E-state index in [1.54, 1.807) is 0 Å². The molecular weight excluding hydrogens is 829 g/mol. The Hall–Kier alpha value is -4.19. The average molecular weight is 927 g/mol. The van der Waals surface area contributed by atoms with Crippen LogP contribution in [0.15, 0.2) is 122 Å². The van der Waals surface area contributed by atoms with Gasteiger partial charge in [0.05, 0.1) is 0 Å². The zero-order chi connectivity index (χ0) is 48.6. The predicted octanol–water partition coefficient (Wildman–Crippen LogP) is 18.1. The second kappa shape index (κ2) is 54.4. The molecule has 0 unspecified atom stereocenters. The Balaban J connectivity index is 4.59. The molecule has 0 bridgehead atoms. The van der Waals surface area contributed by atoms with E-state index >= 15 is 0 Å². The molecular formula is C61H98O6. The van der Waals surface area contributed by atoms with Crippen LogP contribution in [0.4, 0.5) is 0 Å². The van der Waals surface area contributed by atoms with Crippen molar-refractivity contribution < 1.29 is 28.6 Å². The van der Waals surface area contributed by atoms with E-state index in [-0.39, 0.29) is 37.5 Å². The van der Waals surface area contributed by atoms with Crippen molar-refractivity contribution in [3.05, 3.63) is 122 Å². The lowest BCUT2D eigenvalue weighted by Gasteiger charge is -2.18. The molecule has 0 amide bonds. The van der Waals surface area contributed by atoms with Crippen LogP contribution in [0.25, 0.3) is 0 Å². The minimum absolute atomic E-state index is 0.126. The summed E-state index contributed by atoms with van der Waals surface area (Å²) in [5.74, 6) is -1.04. The third-order valence-electron chi connectivity index (χ3n) is 10.9. The third kappa shape index (κ3) is 52.6. The van der Waals surface area contributed by atoms with Gasteiger partial charge in [0.1, 0.15) is 13.2 Å². The molecule has 6 nitrogen and oxygen atoms in total. The summed E-state index contributed by atoms with van der Waals surface area (Å²) < 4.78 is 16.7. The van der Waals surface area contributed by atoms with Crippen molar-refractivity contribution in [2.24, 2.45) is 0 Å². The molecule has 378 valence electrons. The van der Waals surface area contributed by atoms with Gasteiger partial charge in [-0.3, -0.25) is 14.4 Å². The highest BCUT2D eigenvalue weighted by Gasteiger charge is 2.19. The van der Waals surface area contributed by atoms with Crippen molar-refractivity contribution in [1.82, 2.24) is 0 Å². The maximum Gasteiger partial charge on any atom is 0.306 e. The van der Waals surface area contributed by atoms with Crippen LogP contribution in [0.2, 0.25) is 0 Å². The van der Waals surface area contributed by atoms with Crippen LogP contribution < -0.4 is 0 Å². The summed E-state index contributed by atoms with van der Waals surface area (Å²) in [4.78, 5) is 38.0. The molecule has 0 radical (unpaired) electrons. The van der Waals surface area contributed by atoms with Gasteiger partial charge in [0.25, 0.3) is 0 Å². The minimum Gasteiger partial charge on any atom is -0.462 e. The molecule has 0 saturated carbocycles. The van der Waals surface area contributed by atoms with Crippen LogP contribution in [-0.4, -0.2) is 37.2 Å². The van der Waals surface area contributed by atoms with Gasteiger partial charge in [0.15, 0.2) is 6.10 Å². The van der Waals surface area contributed by atoms with E-state index in [1.165, 1.54) is 77.0 Å². The number of carbonyl (C=O) groups is 3. The fourth-order valence-corrected chi connectivity index (χ4v) is 6.79. The summed E-state index contributed by atoms with van der Waals surface area (Å²) in [5.41, 5.74) is 0. The first-order chi connectivity index (χ1) is 33.0. The van der Waals surface area contributed by atoms with Gasteiger partial charge in [-0.1, -0.05) is 187 Å². The van der Waals surface area contributed by atoms with E-state index in [4.69, 9.17) is 14.2 Å². The molecule has 0 aliphatic heterocycles. The lowest BCUT2D eigenvalue weighted by atomic mass is 10.1. The highest BCUT2D eigenvalue weighted by atomic mass is 16.6. The largest absolute Gasteiger partial charge is 0.462 e. The number of rotatable bonds is 47. The molecule has 0 spiro atoms. The van der Waals surface area contributed by atoms with Gasteiger partial charge in [0, 0.05) is 19.3 Å². The maximum absolute atomic E-state index is 12.8. The highest BCUT2D eigenvalue weighted by Crippen LogP contribution is 2.11. The first kappa shape index (κ1) is 62.8. The van der Waals surface area contributed by atoms with Crippen LogP contribution >= 0.6 is 0 Å². The summed E-state index contributed by atoms with van der Waals surface area (Å²) in [6.07, 6.45) is 74.7. The van der Waals surface area contributed by atoms with E-state index in [0.29, 0.717) is 32.1 Å². The summed E-state index contributed by atoms with van der Waals surface area (Å²) in [6, 6.07) is 0. The average Bonchev–Trinajstić information content (AvgIpc) is 3.33. The van der Waals surface area contributed by atoms with E-state index in [0.717, 1.165) is 89.9 Å². The van der Waals surface area contributed by atoms with Gasteiger partial charge < -0.3 is 14.2 Å². The second-order valence-corrected chi connectivity index (χ2v) is 17.4. The van der Waals surface area contributed by atoms with Crippen molar-refractivity contribution >= 4 is 17.9 Å². The number of hydrogen-bond donors (Lipinski definition) is 0. The van der Waals surface area contributed by atoms with Crippen molar-refractivity contribution in [3.8, 4) is 0 Å². The molecule has 6 heteroatoms. The molecule has 0 heterocycles. The van der Waals surface area contributed by atoms with Crippen molar-refractivity contribution in [2.75, 3.05) is 13.2 Å². The Morgan fingerprint density at radius 3 is 0.836 bits per heavy atom. The smallest absolute Gasteiger partial charge is 0.306 e. The molecule has 0 aromatic heterocycles. The number of unbranched alkanes of at least 4 members (excludes halogenated alkanes) is 16. The molecule has 0 aromatic carbocycles. The van der Waals surface area contributed by atoms with Gasteiger partial charge >= 0.3 is 17.9 Å². The molecule has 0 aliphatic carbocycles. The molecule has 67 heavy (non-hydrogen) atoms. The SMILES string of the molecule is CCCCC/C=C\C/C=C\C/C=C\C/C=C\CCCCCC(=O)OC(COC(=O)CCCC/C=C\C/C=C\C/C=C\CCCCC)COC(=O)CCCC/C=C\C/C=C\C/C=C\CCCCC. The summed E-state index contributed by atoms with van der Waals surface area (Å²) in [5, 5.41) is 0. The first-order valence-electron chi connectivity index (χ1n) is 27.0. The molecule has 0 N–H and O–H groups in total. The number of allylic oxidation sites excluding steroid dienone is 20. The van der Waals surface area contributed by atoms with E-state index in [9.17, 15) is 14.4 Å². The van der Waals surface area contributed by atoms with Crippen LogP contribution in [0.3, 0.4) is 0 Å². The Bertz CT molecular complexity index is 1370. The van der Waals surface area contributed by atoms with Crippen LogP contribution in [0.1, 0.15) is 226 Å². The monoisotopic (exact) mass is 927 g/mol. The Kier molecular flexibility index (Phi) is 51.0. The number of ether oxygens (including phenoxy) is 3. The van der Waals surface area contributed by atoms with Crippen molar-refractivity contribution in [1.29, 1.82) is 0 Å². The standard InChI is InChI=1S/C61H98O6/c1-4-7-10-13-16-19-22-25-28-29-30-31-34-37-40-43-46-49-52-55-61(64)67-58(56-65-59(62)53-50-47-44-41-38-35-32-26-23-20-17-14-11-8-5-2)57-66-60(63)54-51-48-45-42-39-36-33-27-24-21-18-15-12-9-6-3/h16-21,25-28,30-33,37-42,58H,4-15,22-24,29,34-36,43-57H2,1-3H3/b19-16-,20-17-,21-18-,28-25-,31-30-,32-26-,33-27-,40-37-,41-38-,42-39-.